The molecule has 0 saturated heterocycles. The quantitative estimate of drug-likeness (QED) is 0.590. The largest absolute Gasteiger partial charge is 0.235 e. The lowest BCUT2D eigenvalue weighted by Crippen LogP contribution is -2.10. The topological polar surface area (TPSA) is 49.6 Å². The minimum atomic E-state index is 0.709. The Hall–Kier alpha value is -1.86. The van der Waals surface area contributed by atoms with Crippen LogP contribution in [-0.2, 0) is 0 Å². The van der Waals surface area contributed by atoms with Crippen LogP contribution in [0, 0.1) is 16.6 Å². The van der Waals surface area contributed by atoms with Crippen LogP contribution in [0.5, 0.6) is 0 Å². The summed E-state index contributed by atoms with van der Waals surface area (Å²) in [5, 5.41) is 10.7. The van der Waals surface area contributed by atoms with E-state index >= 15 is 0 Å². The first-order valence-electron chi connectivity index (χ1n) is 7.74. The van der Waals surface area contributed by atoms with E-state index in [9.17, 15) is 0 Å². The van der Waals surface area contributed by atoms with E-state index in [0.717, 1.165) is 28.1 Å². The maximum Gasteiger partial charge on any atom is 0.159 e. The predicted molar refractivity (Wildman–Crippen MR) is 89.3 cm³/mol. The number of nitriles is 1. The normalized spacial score (nSPS) is 21.3. The molecule has 0 unspecified atom stereocenters. The number of thioether (sulfide) groups is 1. The molecule has 1 saturated carbocycles. The second-order valence-corrected chi connectivity index (χ2v) is 6.87. The monoisotopic (exact) mass is 309 g/mol. The van der Waals surface area contributed by atoms with E-state index in [1.165, 1.54) is 31.2 Å². The van der Waals surface area contributed by atoms with E-state index in [0.29, 0.717) is 11.7 Å². The summed E-state index contributed by atoms with van der Waals surface area (Å²) in [6, 6.07) is 8.66. The Labute approximate surface area is 135 Å². The fourth-order valence-corrected chi connectivity index (χ4v) is 3.38. The molecule has 3 nitrogen and oxygen atoms in total. The minimum absolute atomic E-state index is 0.709. The van der Waals surface area contributed by atoms with Crippen LogP contribution >= 0.6 is 11.8 Å². The molecular weight excluding hydrogens is 290 g/mol. The van der Waals surface area contributed by atoms with Gasteiger partial charge in [0.15, 0.2) is 5.82 Å². The zero-order valence-electron chi connectivity index (χ0n) is 12.7. The zero-order chi connectivity index (χ0) is 15.4. The number of nitrogens with zero attached hydrogens (tertiary/aromatic N) is 3. The van der Waals surface area contributed by atoms with Crippen LogP contribution in [0.3, 0.4) is 0 Å². The Kier molecular flexibility index (Phi) is 4.74. The van der Waals surface area contributed by atoms with Gasteiger partial charge in [-0.05, 0) is 42.0 Å². The second kappa shape index (κ2) is 6.93. The Bertz CT molecular complexity index is 650. The maximum atomic E-state index is 8.63. The van der Waals surface area contributed by atoms with Crippen molar-refractivity contribution in [1.82, 2.24) is 9.97 Å². The highest BCUT2D eigenvalue weighted by Crippen LogP contribution is 2.35. The number of hydrogen-bond acceptors (Lipinski definition) is 4. The van der Waals surface area contributed by atoms with Crippen LogP contribution in [0.1, 0.15) is 44.1 Å². The molecule has 112 valence electrons. The molecule has 1 heterocycles. The van der Waals surface area contributed by atoms with Gasteiger partial charge in [-0.1, -0.05) is 44.0 Å². The van der Waals surface area contributed by atoms with Crippen LogP contribution in [0.25, 0.3) is 11.4 Å². The number of rotatable bonds is 3. The summed E-state index contributed by atoms with van der Waals surface area (Å²) in [7, 11) is 0. The van der Waals surface area contributed by atoms with Crippen molar-refractivity contribution in [3.05, 3.63) is 42.2 Å². The van der Waals surface area contributed by atoms with Crippen LogP contribution in [0.2, 0.25) is 0 Å². The fourth-order valence-electron chi connectivity index (χ4n) is 3.07. The van der Waals surface area contributed by atoms with E-state index < -0.39 is 0 Å². The Morgan fingerprint density at radius 2 is 1.68 bits per heavy atom. The summed E-state index contributed by atoms with van der Waals surface area (Å²) in [5.74, 6) is 2.31. The van der Waals surface area contributed by atoms with Gasteiger partial charge in [0.25, 0.3) is 0 Å². The van der Waals surface area contributed by atoms with Crippen molar-refractivity contribution in [3.8, 4) is 16.8 Å². The van der Waals surface area contributed by atoms with E-state index in [1.807, 2.05) is 5.40 Å². The summed E-state index contributed by atoms with van der Waals surface area (Å²) >= 11 is 1.08. The molecule has 1 aromatic heterocycles. The summed E-state index contributed by atoms with van der Waals surface area (Å²) in [4.78, 5) is 9.45. The van der Waals surface area contributed by atoms with E-state index in [4.69, 9.17) is 5.26 Å². The number of benzene rings is 1. The molecule has 0 radical (unpaired) electrons. The van der Waals surface area contributed by atoms with Gasteiger partial charge >= 0.3 is 0 Å². The first-order valence-corrected chi connectivity index (χ1v) is 8.56. The molecule has 0 bridgehead atoms. The molecule has 2 aromatic rings. The van der Waals surface area contributed by atoms with Gasteiger partial charge in [0.2, 0.25) is 0 Å². The maximum absolute atomic E-state index is 8.63. The summed E-state index contributed by atoms with van der Waals surface area (Å²) in [5.41, 5.74) is 2.47. The average Bonchev–Trinajstić information content (AvgIpc) is 2.57. The minimum Gasteiger partial charge on any atom is -0.235 e. The molecular formula is C18H19N3S. The molecule has 0 spiro atoms. The van der Waals surface area contributed by atoms with Gasteiger partial charge < -0.3 is 0 Å². The Morgan fingerprint density at radius 1 is 1.05 bits per heavy atom. The standard InChI is InChI=1S/C18H19N3S/c1-13-2-4-14(5-3-13)15-6-8-16(9-7-15)18-20-10-17(11-21-18)22-12-19/h6-11,13-14H,2-5H2,1H3. The van der Waals surface area contributed by atoms with Crippen molar-refractivity contribution in [1.29, 1.82) is 5.26 Å². The number of hydrogen-bond donors (Lipinski definition) is 0. The van der Waals surface area contributed by atoms with Gasteiger partial charge in [0.05, 0.1) is 4.90 Å². The van der Waals surface area contributed by atoms with Crippen LogP contribution in [-0.4, -0.2) is 9.97 Å². The van der Waals surface area contributed by atoms with Gasteiger partial charge in [-0.3, -0.25) is 0 Å². The van der Waals surface area contributed by atoms with Crippen LogP contribution in [0.15, 0.2) is 41.6 Å². The molecule has 0 N–H and O–H groups in total. The molecule has 1 fully saturated rings. The SMILES string of the molecule is CC1CCC(c2ccc(-c3ncc(SC#N)cn3)cc2)CC1. The predicted octanol–water partition coefficient (Wildman–Crippen LogP) is 5.01. The van der Waals surface area contributed by atoms with Crippen molar-refractivity contribution in [2.75, 3.05) is 0 Å². The molecule has 1 aromatic carbocycles. The average molecular weight is 309 g/mol. The molecule has 3 rings (SSSR count). The van der Waals surface area contributed by atoms with Gasteiger partial charge in [-0.25, -0.2) is 9.97 Å². The van der Waals surface area contributed by atoms with Gasteiger partial charge in [-0.2, -0.15) is 5.26 Å². The third kappa shape index (κ3) is 3.48. The third-order valence-electron chi connectivity index (χ3n) is 4.45. The van der Waals surface area contributed by atoms with Crippen molar-refractivity contribution in [2.24, 2.45) is 5.92 Å². The molecule has 4 heteroatoms. The summed E-state index contributed by atoms with van der Waals surface area (Å²) in [6.07, 6.45) is 8.69. The smallest absolute Gasteiger partial charge is 0.159 e. The second-order valence-electron chi connectivity index (χ2n) is 6.01. The molecule has 0 atom stereocenters. The van der Waals surface area contributed by atoms with E-state index in [-0.39, 0.29) is 0 Å². The fraction of sp³-hybridized carbons (Fsp3) is 0.389. The highest BCUT2D eigenvalue weighted by Gasteiger charge is 2.19. The van der Waals surface area contributed by atoms with E-state index in [2.05, 4.69) is 41.2 Å². The van der Waals surface area contributed by atoms with Gasteiger partial charge in [0, 0.05) is 18.0 Å². The zero-order valence-corrected chi connectivity index (χ0v) is 13.5. The Morgan fingerprint density at radius 3 is 2.27 bits per heavy atom. The lowest BCUT2D eigenvalue weighted by atomic mass is 9.79. The summed E-state index contributed by atoms with van der Waals surface area (Å²) < 4.78 is 0. The lowest BCUT2D eigenvalue weighted by molar-refractivity contribution is 0.348. The number of thiocyanates is 1. The van der Waals surface area contributed by atoms with E-state index in [1.54, 1.807) is 12.4 Å². The first kappa shape index (κ1) is 15.1. The highest BCUT2D eigenvalue weighted by atomic mass is 32.2. The van der Waals surface area contributed by atoms with Crippen LogP contribution in [0.4, 0.5) is 0 Å². The first-order chi connectivity index (χ1) is 10.8. The van der Waals surface area contributed by atoms with Gasteiger partial charge in [0.1, 0.15) is 5.40 Å². The number of aromatic nitrogens is 2. The molecule has 1 aliphatic carbocycles. The molecule has 22 heavy (non-hydrogen) atoms. The molecule has 0 aliphatic heterocycles. The van der Waals surface area contributed by atoms with Crippen molar-refractivity contribution < 1.29 is 0 Å². The van der Waals surface area contributed by atoms with Crippen molar-refractivity contribution >= 4 is 11.8 Å². The highest BCUT2D eigenvalue weighted by molar-refractivity contribution is 8.03. The van der Waals surface area contributed by atoms with Crippen molar-refractivity contribution in [2.45, 2.75) is 43.4 Å². The van der Waals surface area contributed by atoms with Crippen molar-refractivity contribution in [3.63, 3.8) is 0 Å². The summed E-state index contributed by atoms with van der Waals surface area (Å²) in [6.45, 7) is 2.35. The van der Waals surface area contributed by atoms with Gasteiger partial charge in [-0.15, -0.1) is 0 Å². The third-order valence-corrected chi connectivity index (χ3v) is 4.99. The molecule has 0 amide bonds. The van der Waals surface area contributed by atoms with Crippen LogP contribution < -0.4 is 0 Å². The molecule has 1 aliphatic rings. The Balaban J connectivity index is 1.72. The lowest BCUT2D eigenvalue weighted by Gasteiger charge is -2.26.